The second-order valence-corrected chi connectivity index (χ2v) is 8.89. The minimum atomic E-state index is -4.50. The van der Waals surface area contributed by atoms with E-state index in [1.165, 1.54) is 16.7 Å². The van der Waals surface area contributed by atoms with E-state index in [4.69, 9.17) is 14.2 Å². The van der Waals surface area contributed by atoms with E-state index < -0.39 is 24.2 Å². The van der Waals surface area contributed by atoms with Crippen LogP contribution in [-0.4, -0.2) is 47.2 Å². The maximum atomic E-state index is 13.0. The Hall–Kier alpha value is -4.00. The lowest BCUT2D eigenvalue weighted by Crippen LogP contribution is -2.42. The van der Waals surface area contributed by atoms with Crippen LogP contribution in [0.1, 0.15) is 23.7 Å². The average Bonchev–Trinajstić information content (AvgIpc) is 3.35. The van der Waals surface area contributed by atoms with Gasteiger partial charge in [0.1, 0.15) is 5.75 Å². The number of ether oxygens (including phenoxy) is 3. The SMILES string of the molecule is CCOC(OC)N1CCc2c(nc[nH+]c2Oc2ccc3c(ccn3C(=O)Nc3cccc(C(F)(F)F)c3)c2)C1. The summed E-state index contributed by atoms with van der Waals surface area (Å²) < 4.78 is 57.6. The largest absolute Gasteiger partial charge is 0.423 e. The van der Waals surface area contributed by atoms with Crippen LogP contribution in [0, 0.1) is 0 Å². The molecule has 1 aliphatic rings. The monoisotopic (exact) mass is 542 g/mol. The molecule has 0 spiro atoms. The zero-order chi connectivity index (χ0) is 27.6. The molecule has 0 aliphatic carbocycles. The number of amides is 1. The lowest BCUT2D eigenvalue weighted by molar-refractivity contribution is -0.397. The highest BCUT2D eigenvalue weighted by molar-refractivity contribution is 5.98. The second kappa shape index (κ2) is 11.0. The van der Waals surface area contributed by atoms with Crippen LogP contribution < -0.4 is 15.0 Å². The molecule has 39 heavy (non-hydrogen) atoms. The van der Waals surface area contributed by atoms with Gasteiger partial charge in [-0.25, -0.2) is 14.7 Å². The summed E-state index contributed by atoms with van der Waals surface area (Å²) in [7, 11) is 1.61. The van der Waals surface area contributed by atoms with E-state index >= 15 is 0 Å². The molecule has 2 N–H and O–H groups in total. The number of methoxy groups -OCH3 is 1. The van der Waals surface area contributed by atoms with E-state index in [0.29, 0.717) is 43.3 Å². The first-order valence-corrected chi connectivity index (χ1v) is 12.3. The van der Waals surface area contributed by atoms with Crippen molar-refractivity contribution in [2.75, 3.05) is 25.6 Å². The fourth-order valence-corrected chi connectivity index (χ4v) is 4.56. The van der Waals surface area contributed by atoms with Crippen LogP contribution >= 0.6 is 0 Å². The summed E-state index contributed by atoms with van der Waals surface area (Å²) in [6.45, 7) is 3.69. The molecule has 0 saturated carbocycles. The first kappa shape index (κ1) is 26.6. The van der Waals surface area contributed by atoms with Crippen molar-refractivity contribution in [1.29, 1.82) is 0 Å². The molecule has 1 amide bonds. The van der Waals surface area contributed by atoms with E-state index in [2.05, 4.69) is 20.2 Å². The number of nitrogens with one attached hydrogen (secondary N) is 2. The molecule has 12 heteroatoms. The third kappa shape index (κ3) is 5.72. The van der Waals surface area contributed by atoms with Gasteiger partial charge in [-0.2, -0.15) is 13.2 Å². The topological polar surface area (TPSA) is 92.0 Å². The van der Waals surface area contributed by atoms with Crippen LogP contribution in [0.15, 0.2) is 61.1 Å². The normalized spacial score (nSPS) is 14.7. The van der Waals surface area contributed by atoms with Gasteiger partial charge in [-0.1, -0.05) is 11.1 Å². The predicted molar refractivity (Wildman–Crippen MR) is 135 cm³/mol. The molecule has 204 valence electrons. The zero-order valence-electron chi connectivity index (χ0n) is 21.3. The smallest absolute Gasteiger partial charge is 0.416 e. The Labute approximate surface area is 222 Å². The number of halogens is 3. The van der Waals surface area contributed by atoms with E-state index in [-0.39, 0.29) is 5.69 Å². The molecule has 2 aromatic carbocycles. The molecular formula is C27H27F3N5O4+. The van der Waals surface area contributed by atoms with Gasteiger partial charge in [0.15, 0.2) is 5.69 Å². The number of anilines is 1. The third-order valence-corrected chi connectivity index (χ3v) is 6.39. The summed E-state index contributed by atoms with van der Waals surface area (Å²) in [6.07, 6.45) is -1.14. The van der Waals surface area contributed by atoms with Gasteiger partial charge in [-0.3, -0.25) is 4.57 Å². The predicted octanol–water partition coefficient (Wildman–Crippen LogP) is 5.07. The van der Waals surface area contributed by atoms with Gasteiger partial charge >= 0.3 is 12.2 Å². The minimum Gasteiger partial charge on any atom is -0.423 e. The maximum absolute atomic E-state index is 13.0. The maximum Gasteiger partial charge on any atom is 0.416 e. The average molecular weight is 543 g/mol. The summed E-state index contributed by atoms with van der Waals surface area (Å²) in [6, 6.07) is 10.9. The molecule has 0 fully saturated rings. The Kier molecular flexibility index (Phi) is 7.51. The van der Waals surface area contributed by atoms with E-state index in [9.17, 15) is 18.0 Å². The number of carbonyl (C=O) groups excluding carboxylic acids is 1. The van der Waals surface area contributed by atoms with Gasteiger partial charge in [-0.15, -0.1) is 0 Å². The third-order valence-electron chi connectivity index (χ3n) is 6.39. The van der Waals surface area contributed by atoms with E-state index in [0.717, 1.165) is 28.8 Å². The number of benzene rings is 2. The number of carbonyl (C=O) groups is 1. The first-order valence-electron chi connectivity index (χ1n) is 12.3. The van der Waals surface area contributed by atoms with Gasteiger partial charge in [0.2, 0.25) is 6.41 Å². The molecule has 3 heterocycles. The van der Waals surface area contributed by atoms with Crippen LogP contribution in [0.4, 0.5) is 23.7 Å². The van der Waals surface area contributed by atoms with Gasteiger partial charge in [-0.05, 0) is 55.8 Å². The van der Waals surface area contributed by atoms with Gasteiger partial charge in [0.05, 0.1) is 23.2 Å². The molecule has 2 aromatic heterocycles. The lowest BCUT2D eigenvalue weighted by Gasteiger charge is -2.31. The number of aromatic nitrogens is 3. The molecule has 5 rings (SSSR count). The van der Waals surface area contributed by atoms with Crippen molar-refractivity contribution in [2.24, 2.45) is 0 Å². The fraction of sp³-hybridized carbons (Fsp3) is 0.296. The molecular weight excluding hydrogens is 515 g/mol. The number of hydrogen-bond donors (Lipinski definition) is 1. The summed E-state index contributed by atoms with van der Waals surface area (Å²) in [4.78, 5) is 22.4. The number of fused-ring (bicyclic) bond motifs is 2. The molecule has 0 radical (unpaired) electrons. The van der Waals surface area contributed by atoms with E-state index in [1.807, 2.05) is 6.92 Å². The Morgan fingerprint density at radius 1 is 1.21 bits per heavy atom. The Morgan fingerprint density at radius 3 is 2.82 bits per heavy atom. The summed E-state index contributed by atoms with van der Waals surface area (Å²) in [5.74, 6) is 1.13. The summed E-state index contributed by atoms with van der Waals surface area (Å²) in [5, 5.41) is 3.24. The number of alkyl halides is 3. The molecule has 1 aliphatic heterocycles. The van der Waals surface area contributed by atoms with Crippen molar-refractivity contribution < 1.29 is 37.2 Å². The second-order valence-electron chi connectivity index (χ2n) is 8.89. The van der Waals surface area contributed by atoms with Crippen molar-refractivity contribution >= 4 is 22.6 Å². The van der Waals surface area contributed by atoms with Gasteiger partial charge < -0.3 is 19.5 Å². The molecule has 9 nitrogen and oxygen atoms in total. The fourth-order valence-electron chi connectivity index (χ4n) is 4.56. The standard InChI is InChI=1S/C27H26F3N5O4/c1-3-38-26(37-2)34-11-10-21-22(15-34)31-16-32-24(21)39-20-7-8-23-17(13-20)9-12-35(23)25(36)33-19-6-4-5-18(14-19)27(28,29)30/h4-9,12-14,16,26H,3,10-11,15H2,1-2H3,(H,33,36)/p+1. The number of nitrogens with zero attached hydrogens (tertiary/aromatic N) is 3. The zero-order valence-corrected chi connectivity index (χ0v) is 21.3. The van der Waals surface area contributed by atoms with Crippen molar-refractivity contribution in [3.05, 3.63) is 77.9 Å². The van der Waals surface area contributed by atoms with Crippen molar-refractivity contribution in [2.45, 2.75) is 32.5 Å². The van der Waals surface area contributed by atoms with Crippen molar-refractivity contribution in [1.82, 2.24) is 14.5 Å². The number of rotatable bonds is 7. The number of hydrogen-bond acceptors (Lipinski definition) is 6. The van der Waals surface area contributed by atoms with Crippen LogP contribution in [0.2, 0.25) is 0 Å². The summed E-state index contributed by atoms with van der Waals surface area (Å²) >= 11 is 0. The molecule has 1 atom stereocenters. The highest BCUT2D eigenvalue weighted by atomic mass is 19.4. The molecule has 0 saturated heterocycles. The van der Waals surface area contributed by atoms with E-state index in [1.54, 1.807) is 43.9 Å². The van der Waals surface area contributed by atoms with Crippen LogP contribution in [-0.2, 0) is 28.6 Å². The molecule has 0 bridgehead atoms. The molecule has 1 unspecified atom stereocenters. The number of aromatic amines is 1. The molecule has 4 aromatic rings. The van der Waals surface area contributed by atoms with Crippen LogP contribution in [0.5, 0.6) is 11.6 Å². The minimum absolute atomic E-state index is 0.0475. The van der Waals surface area contributed by atoms with Gasteiger partial charge in [0, 0.05) is 37.5 Å². The Balaban J connectivity index is 1.32. The lowest BCUT2D eigenvalue weighted by atomic mass is 10.1. The van der Waals surface area contributed by atoms with Crippen LogP contribution in [0.25, 0.3) is 10.9 Å². The highest BCUT2D eigenvalue weighted by Gasteiger charge is 2.31. The highest BCUT2D eigenvalue weighted by Crippen LogP contribution is 2.32. The van der Waals surface area contributed by atoms with Crippen molar-refractivity contribution in [3.63, 3.8) is 0 Å². The number of H-pyrrole nitrogens is 1. The van der Waals surface area contributed by atoms with Gasteiger partial charge in [0.25, 0.3) is 12.2 Å². The summed E-state index contributed by atoms with van der Waals surface area (Å²) in [5.41, 5.74) is 1.60. The Morgan fingerprint density at radius 2 is 2.05 bits per heavy atom. The van der Waals surface area contributed by atoms with Crippen molar-refractivity contribution in [3.8, 4) is 11.6 Å². The quantitative estimate of drug-likeness (QED) is 0.328. The van der Waals surface area contributed by atoms with Crippen LogP contribution in [0.3, 0.4) is 0 Å². The Bertz CT molecular complexity index is 1490. The first-order chi connectivity index (χ1) is 18.8.